The Morgan fingerprint density at radius 2 is 2.05 bits per heavy atom. The number of halogens is 1. The van der Waals surface area contributed by atoms with Crippen molar-refractivity contribution < 1.29 is 19.4 Å². The number of hydrogen-bond acceptors (Lipinski definition) is 3. The molecule has 0 aliphatic carbocycles. The van der Waals surface area contributed by atoms with Crippen LogP contribution in [0.15, 0.2) is 18.2 Å². The van der Waals surface area contributed by atoms with Gasteiger partial charge in [-0.25, -0.2) is 0 Å². The maximum Gasteiger partial charge on any atom is 0.305 e. The number of amides is 1. The molecule has 20 heavy (non-hydrogen) atoms. The molecule has 5 nitrogen and oxygen atoms in total. The molecule has 6 heteroatoms. The van der Waals surface area contributed by atoms with E-state index in [0.717, 1.165) is 5.56 Å². The second-order valence-corrected chi connectivity index (χ2v) is 5.09. The zero-order valence-electron chi connectivity index (χ0n) is 11.6. The molecule has 1 aromatic rings. The molecular formula is C14H18ClNO4. The third-order valence-corrected chi connectivity index (χ3v) is 3.11. The van der Waals surface area contributed by atoms with Crippen LogP contribution in [0.4, 0.5) is 0 Å². The standard InChI is InChI=1S/C14H18ClNO4/c1-8-6-11(4-5-12(8)15)20-10(3)14(19)16-9(2)7-13(17)18/h4-6,9-10H,7H2,1-3H3,(H,16,19)(H,17,18). The average molecular weight is 300 g/mol. The average Bonchev–Trinajstić information content (AvgIpc) is 2.32. The van der Waals surface area contributed by atoms with Crippen LogP contribution in [0.1, 0.15) is 25.8 Å². The SMILES string of the molecule is Cc1cc(OC(C)C(=O)NC(C)CC(=O)O)ccc1Cl. The number of carboxylic acids is 1. The lowest BCUT2D eigenvalue weighted by Crippen LogP contribution is -2.42. The van der Waals surface area contributed by atoms with E-state index in [-0.39, 0.29) is 12.3 Å². The van der Waals surface area contributed by atoms with Gasteiger partial charge in [0.05, 0.1) is 6.42 Å². The Labute approximate surface area is 122 Å². The Morgan fingerprint density at radius 3 is 2.60 bits per heavy atom. The highest BCUT2D eigenvalue weighted by Gasteiger charge is 2.18. The lowest BCUT2D eigenvalue weighted by atomic mass is 10.2. The minimum Gasteiger partial charge on any atom is -0.481 e. The number of aryl methyl sites for hydroxylation is 1. The topological polar surface area (TPSA) is 75.6 Å². The van der Waals surface area contributed by atoms with Crippen LogP contribution in [0.25, 0.3) is 0 Å². The summed E-state index contributed by atoms with van der Waals surface area (Å²) in [7, 11) is 0. The second kappa shape index (κ2) is 7.14. The Hall–Kier alpha value is -1.75. The summed E-state index contributed by atoms with van der Waals surface area (Å²) in [5.74, 6) is -0.772. The van der Waals surface area contributed by atoms with Gasteiger partial charge in [0.2, 0.25) is 0 Å². The maximum absolute atomic E-state index is 11.8. The van der Waals surface area contributed by atoms with Crippen LogP contribution in [0.2, 0.25) is 5.02 Å². The predicted octanol–water partition coefficient (Wildman–Crippen LogP) is 2.40. The Balaban J connectivity index is 2.56. The van der Waals surface area contributed by atoms with Gasteiger partial charge in [-0.05, 0) is 44.5 Å². The van der Waals surface area contributed by atoms with E-state index in [9.17, 15) is 9.59 Å². The third-order valence-electron chi connectivity index (χ3n) is 2.68. The van der Waals surface area contributed by atoms with Gasteiger partial charge in [0.25, 0.3) is 5.91 Å². The van der Waals surface area contributed by atoms with Crippen molar-refractivity contribution in [2.45, 2.75) is 39.3 Å². The van der Waals surface area contributed by atoms with Gasteiger partial charge in [0, 0.05) is 11.1 Å². The molecule has 0 radical (unpaired) electrons. The van der Waals surface area contributed by atoms with Crippen molar-refractivity contribution in [2.24, 2.45) is 0 Å². The Bertz CT molecular complexity index is 504. The van der Waals surface area contributed by atoms with Crippen LogP contribution in [0.5, 0.6) is 5.75 Å². The lowest BCUT2D eigenvalue weighted by molar-refractivity contribution is -0.137. The van der Waals surface area contributed by atoms with E-state index in [1.807, 2.05) is 6.92 Å². The fourth-order valence-electron chi connectivity index (χ4n) is 1.62. The summed E-state index contributed by atoms with van der Waals surface area (Å²) in [6.07, 6.45) is -0.842. The molecule has 0 aromatic heterocycles. The van der Waals surface area contributed by atoms with Crippen LogP contribution >= 0.6 is 11.6 Å². The molecule has 2 atom stereocenters. The molecule has 0 heterocycles. The van der Waals surface area contributed by atoms with E-state index in [1.165, 1.54) is 0 Å². The first-order valence-corrected chi connectivity index (χ1v) is 6.62. The van der Waals surface area contributed by atoms with Crippen molar-refractivity contribution >= 4 is 23.5 Å². The maximum atomic E-state index is 11.8. The molecule has 0 fully saturated rings. The first kappa shape index (κ1) is 16.3. The van der Waals surface area contributed by atoms with Gasteiger partial charge >= 0.3 is 5.97 Å². The molecule has 0 saturated heterocycles. The van der Waals surface area contributed by atoms with E-state index < -0.39 is 18.1 Å². The number of ether oxygens (including phenoxy) is 1. The van der Waals surface area contributed by atoms with E-state index in [2.05, 4.69) is 5.32 Å². The first-order valence-electron chi connectivity index (χ1n) is 6.24. The zero-order valence-corrected chi connectivity index (χ0v) is 12.4. The predicted molar refractivity (Wildman–Crippen MR) is 76.1 cm³/mol. The van der Waals surface area contributed by atoms with Gasteiger partial charge in [0.1, 0.15) is 5.75 Å². The van der Waals surface area contributed by atoms with Crippen LogP contribution in [-0.2, 0) is 9.59 Å². The number of carbonyl (C=O) groups excluding carboxylic acids is 1. The molecule has 2 unspecified atom stereocenters. The molecule has 1 rings (SSSR count). The molecule has 2 N–H and O–H groups in total. The van der Waals surface area contributed by atoms with Gasteiger partial charge < -0.3 is 15.2 Å². The number of rotatable bonds is 6. The van der Waals surface area contributed by atoms with Gasteiger partial charge in [-0.3, -0.25) is 9.59 Å². The number of aliphatic carboxylic acids is 1. The second-order valence-electron chi connectivity index (χ2n) is 4.68. The molecule has 0 spiro atoms. The molecular weight excluding hydrogens is 282 g/mol. The Kier molecular flexibility index (Phi) is 5.82. The van der Waals surface area contributed by atoms with Crippen molar-refractivity contribution in [3.63, 3.8) is 0 Å². The molecule has 0 aliphatic heterocycles. The minimum atomic E-state index is -0.959. The normalized spacial score (nSPS) is 13.4. The molecule has 0 saturated carbocycles. The van der Waals surface area contributed by atoms with Crippen molar-refractivity contribution in [3.05, 3.63) is 28.8 Å². The largest absolute Gasteiger partial charge is 0.481 e. The fraction of sp³-hybridized carbons (Fsp3) is 0.429. The first-order chi connectivity index (χ1) is 9.29. The van der Waals surface area contributed by atoms with E-state index in [4.69, 9.17) is 21.4 Å². The van der Waals surface area contributed by atoms with Crippen molar-refractivity contribution in [3.8, 4) is 5.75 Å². The van der Waals surface area contributed by atoms with Gasteiger partial charge in [-0.2, -0.15) is 0 Å². The number of carboxylic acid groups (broad SMARTS) is 1. The summed E-state index contributed by atoms with van der Waals surface area (Å²) in [6.45, 7) is 5.08. The van der Waals surface area contributed by atoms with E-state index >= 15 is 0 Å². The highest BCUT2D eigenvalue weighted by molar-refractivity contribution is 6.31. The van der Waals surface area contributed by atoms with Crippen molar-refractivity contribution in [2.75, 3.05) is 0 Å². The van der Waals surface area contributed by atoms with E-state index in [1.54, 1.807) is 32.0 Å². The molecule has 1 aromatic carbocycles. The van der Waals surface area contributed by atoms with Crippen LogP contribution in [-0.4, -0.2) is 29.1 Å². The summed E-state index contributed by atoms with van der Waals surface area (Å²) in [4.78, 5) is 22.4. The van der Waals surface area contributed by atoms with E-state index in [0.29, 0.717) is 10.8 Å². The van der Waals surface area contributed by atoms with Crippen molar-refractivity contribution in [1.29, 1.82) is 0 Å². The minimum absolute atomic E-state index is 0.126. The number of benzene rings is 1. The Morgan fingerprint density at radius 1 is 1.40 bits per heavy atom. The van der Waals surface area contributed by atoms with Gasteiger partial charge in [-0.15, -0.1) is 0 Å². The quantitative estimate of drug-likeness (QED) is 0.846. The molecule has 0 aliphatic rings. The summed E-state index contributed by atoms with van der Waals surface area (Å²) < 4.78 is 5.50. The lowest BCUT2D eigenvalue weighted by Gasteiger charge is -2.18. The zero-order chi connectivity index (χ0) is 15.3. The summed E-state index contributed by atoms with van der Waals surface area (Å²) in [5, 5.41) is 11.8. The molecule has 0 bridgehead atoms. The van der Waals surface area contributed by atoms with Crippen LogP contribution < -0.4 is 10.1 Å². The van der Waals surface area contributed by atoms with Crippen LogP contribution in [0.3, 0.4) is 0 Å². The number of hydrogen-bond donors (Lipinski definition) is 2. The van der Waals surface area contributed by atoms with Crippen molar-refractivity contribution in [1.82, 2.24) is 5.32 Å². The monoisotopic (exact) mass is 299 g/mol. The summed E-state index contributed by atoms with van der Waals surface area (Å²) in [5.41, 5.74) is 0.857. The smallest absolute Gasteiger partial charge is 0.305 e. The summed E-state index contributed by atoms with van der Waals surface area (Å²) >= 11 is 5.91. The highest BCUT2D eigenvalue weighted by atomic mass is 35.5. The number of carbonyl (C=O) groups is 2. The highest BCUT2D eigenvalue weighted by Crippen LogP contribution is 2.21. The third kappa shape index (κ3) is 5.09. The summed E-state index contributed by atoms with van der Waals surface area (Å²) in [6, 6.07) is 4.68. The number of nitrogens with one attached hydrogen (secondary N) is 1. The molecule has 110 valence electrons. The van der Waals surface area contributed by atoms with Gasteiger partial charge in [-0.1, -0.05) is 11.6 Å². The van der Waals surface area contributed by atoms with Crippen LogP contribution in [0, 0.1) is 6.92 Å². The van der Waals surface area contributed by atoms with Gasteiger partial charge in [0.15, 0.2) is 6.10 Å². The fourth-order valence-corrected chi connectivity index (χ4v) is 1.74. The molecule has 1 amide bonds.